The molecule has 2 atom stereocenters. The average molecular weight is 465 g/mol. The molecule has 0 aliphatic rings. The zero-order valence-electron chi connectivity index (χ0n) is 17.5. The second-order valence-electron chi connectivity index (χ2n) is 6.83. The summed E-state index contributed by atoms with van der Waals surface area (Å²) in [6.07, 6.45) is 4.16. The lowest BCUT2D eigenvalue weighted by molar-refractivity contribution is -0.139. The van der Waals surface area contributed by atoms with Crippen LogP contribution >= 0.6 is 11.8 Å². The predicted octanol–water partition coefficient (Wildman–Crippen LogP) is 0.379. The van der Waals surface area contributed by atoms with Crippen molar-refractivity contribution in [2.75, 3.05) is 18.8 Å². The van der Waals surface area contributed by atoms with Crippen molar-refractivity contribution in [3.63, 3.8) is 0 Å². The van der Waals surface area contributed by atoms with Crippen LogP contribution in [0.2, 0.25) is 0 Å². The Bertz CT molecular complexity index is 619. The van der Waals surface area contributed by atoms with Crippen LogP contribution in [0.3, 0.4) is 0 Å². The SMILES string of the molecule is CCCCCCCN(O)C(=O)SCC(NC(=O)CCC(N)C(=O)O)C(=O)NCC(=O)O. The Morgan fingerprint density at radius 2 is 1.71 bits per heavy atom. The van der Waals surface area contributed by atoms with E-state index in [9.17, 15) is 29.2 Å². The quantitative estimate of drug-likeness (QED) is 0.105. The average Bonchev–Trinajstić information content (AvgIpc) is 2.72. The maximum Gasteiger partial charge on any atom is 0.322 e. The zero-order valence-corrected chi connectivity index (χ0v) is 18.4. The molecule has 0 saturated carbocycles. The molecule has 3 amide bonds. The molecule has 0 fully saturated rings. The third-order valence-electron chi connectivity index (χ3n) is 4.12. The number of carbonyl (C=O) groups excluding carboxylic acids is 3. The maximum atomic E-state index is 12.2. The minimum absolute atomic E-state index is 0.130. The van der Waals surface area contributed by atoms with Crippen molar-refractivity contribution >= 4 is 40.8 Å². The Morgan fingerprint density at radius 1 is 1.06 bits per heavy atom. The van der Waals surface area contributed by atoms with Crippen LogP contribution in [-0.4, -0.2) is 80.4 Å². The van der Waals surface area contributed by atoms with Crippen LogP contribution in [0.1, 0.15) is 51.9 Å². The van der Waals surface area contributed by atoms with Crippen molar-refractivity contribution in [3.05, 3.63) is 0 Å². The van der Waals surface area contributed by atoms with Crippen molar-refractivity contribution in [2.45, 2.75) is 64.0 Å². The van der Waals surface area contributed by atoms with E-state index in [0.717, 1.165) is 25.7 Å². The Balaban J connectivity index is 4.70. The molecule has 0 bridgehead atoms. The molecular formula is C18H32N4O8S. The van der Waals surface area contributed by atoms with E-state index in [1.807, 2.05) is 0 Å². The number of carboxylic acids is 2. The molecule has 7 N–H and O–H groups in total. The van der Waals surface area contributed by atoms with Crippen molar-refractivity contribution in [2.24, 2.45) is 5.73 Å². The van der Waals surface area contributed by atoms with Crippen LogP contribution in [0.5, 0.6) is 0 Å². The van der Waals surface area contributed by atoms with Crippen molar-refractivity contribution in [3.8, 4) is 0 Å². The summed E-state index contributed by atoms with van der Waals surface area (Å²) in [6, 6.07) is -2.51. The zero-order chi connectivity index (χ0) is 23.8. The summed E-state index contributed by atoms with van der Waals surface area (Å²) < 4.78 is 0. The van der Waals surface area contributed by atoms with Gasteiger partial charge in [0.2, 0.25) is 11.8 Å². The van der Waals surface area contributed by atoms with E-state index in [1.54, 1.807) is 0 Å². The number of hydrogen-bond donors (Lipinski definition) is 6. The highest BCUT2D eigenvalue weighted by Crippen LogP contribution is 2.12. The Hall–Kier alpha value is -2.38. The lowest BCUT2D eigenvalue weighted by atomic mass is 10.1. The molecular weight excluding hydrogens is 432 g/mol. The summed E-state index contributed by atoms with van der Waals surface area (Å²) in [4.78, 5) is 57.6. The number of rotatable bonds is 16. The number of nitrogens with two attached hydrogens (primary N) is 1. The second kappa shape index (κ2) is 16.3. The van der Waals surface area contributed by atoms with E-state index < -0.39 is 47.6 Å². The fourth-order valence-electron chi connectivity index (χ4n) is 2.33. The number of thioether (sulfide) groups is 1. The minimum Gasteiger partial charge on any atom is -0.480 e. The van der Waals surface area contributed by atoms with Gasteiger partial charge in [0, 0.05) is 18.7 Å². The number of nitrogens with zero attached hydrogens (tertiary/aromatic N) is 1. The van der Waals surface area contributed by atoms with Gasteiger partial charge in [-0.1, -0.05) is 44.4 Å². The van der Waals surface area contributed by atoms with E-state index in [4.69, 9.17) is 15.9 Å². The third kappa shape index (κ3) is 14.3. The van der Waals surface area contributed by atoms with Crippen LogP contribution in [-0.2, 0) is 19.2 Å². The molecule has 0 rings (SSSR count). The topological polar surface area (TPSA) is 199 Å². The predicted molar refractivity (Wildman–Crippen MR) is 113 cm³/mol. The van der Waals surface area contributed by atoms with Gasteiger partial charge in [-0.3, -0.25) is 29.2 Å². The van der Waals surface area contributed by atoms with Gasteiger partial charge in [-0.2, -0.15) is 0 Å². The van der Waals surface area contributed by atoms with E-state index >= 15 is 0 Å². The first-order chi connectivity index (χ1) is 14.6. The molecule has 0 radical (unpaired) electrons. The summed E-state index contributed by atoms with van der Waals surface area (Å²) in [5, 5.41) is 31.5. The van der Waals surface area contributed by atoms with Crippen molar-refractivity contribution in [1.82, 2.24) is 15.7 Å². The fraction of sp³-hybridized carbons (Fsp3) is 0.722. The number of amides is 3. The van der Waals surface area contributed by atoms with Crippen molar-refractivity contribution < 1.29 is 39.4 Å². The number of aliphatic carboxylic acids is 2. The molecule has 2 unspecified atom stereocenters. The van der Waals surface area contributed by atoms with Crippen LogP contribution in [0, 0.1) is 0 Å². The first-order valence-electron chi connectivity index (χ1n) is 9.98. The van der Waals surface area contributed by atoms with Gasteiger partial charge in [0.05, 0.1) is 0 Å². The van der Waals surface area contributed by atoms with E-state index in [2.05, 4.69) is 17.6 Å². The number of nitrogens with one attached hydrogen (secondary N) is 2. The summed E-state index contributed by atoms with van der Waals surface area (Å²) in [6.45, 7) is 1.52. The second-order valence-corrected chi connectivity index (χ2v) is 7.80. The van der Waals surface area contributed by atoms with Gasteiger partial charge in [-0.25, -0.2) is 5.06 Å². The highest BCUT2D eigenvalue weighted by atomic mass is 32.2. The molecule has 0 aliphatic heterocycles. The van der Waals surface area contributed by atoms with Gasteiger partial charge in [0.1, 0.15) is 18.6 Å². The minimum atomic E-state index is -1.29. The molecule has 0 aliphatic carbocycles. The highest BCUT2D eigenvalue weighted by molar-refractivity contribution is 8.13. The molecule has 0 spiro atoms. The van der Waals surface area contributed by atoms with Crippen LogP contribution in [0.4, 0.5) is 4.79 Å². The molecule has 12 nitrogen and oxygen atoms in total. The Kier molecular flexibility index (Phi) is 15.1. The number of hydroxylamine groups is 2. The lowest BCUT2D eigenvalue weighted by Crippen LogP contribution is -2.50. The monoisotopic (exact) mass is 464 g/mol. The standard InChI is InChI=1S/C18H32N4O8S/c1-2-3-4-5-6-9-22(30)18(29)31-11-13(16(26)20-10-15(24)25)21-14(23)8-7-12(19)17(27)28/h12-13,30H,2-11,19H2,1H3,(H,20,26)(H,21,23)(H,24,25)(H,27,28). The number of carboxylic acid groups (broad SMARTS) is 2. The summed E-state index contributed by atoms with van der Waals surface area (Å²) in [5.74, 6) is -4.34. The molecule has 13 heteroatoms. The van der Waals surface area contributed by atoms with Gasteiger partial charge in [0.25, 0.3) is 0 Å². The van der Waals surface area contributed by atoms with Crippen LogP contribution in [0.25, 0.3) is 0 Å². The third-order valence-corrected chi connectivity index (χ3v) is 5.08. The van der Waals surface area contributed by atoms with E-state index in [1.165, 1.54) is 0 Å². The van der Waals surface area contributed by atoms with Crippen molar-refractivity contribution in [1.29, 1.82) is 0 Å². The summed E-state index contributed by atoms with van der Waals surface area (Å²) >= 11 is 0.590. The molecule has 31 heavy (non-hydrogen) atoms. The maximum absolute atomic E-state index is 12.2. The van der Waals surface area contributed by atoms with Crippen LogP contribution < -0.4 is 16.4 Å². The molecule has 0 saturated heterocycles. The molecule has 0 heterocycles. The Morgan fingerprint density at radius 3 is 2.29 bits per heavy atom. The molecule has 0 aromatic carbocycles. The molecule has 178 valence electrons. The normalized spacial score (nSPS) is 12.5. The van der Waals surface area contributed by atoms with Crippen LogP contribution in [0.15, 0.2) is 0 Å². The van der Waals surface area contributed by atoms with E-state index in [0.29, 0.717) is 23.2 Å². The number of hydrogen-bond acceptors (Lipinski definition) is 8. The van der Waals surface area contributed by atoms with Gasteiger partial charge in [0.15, 0.2) is 0 Å². The molecule has 0 aromatic heterocycles. The first kappa shape index (κ1) is 28.6. The fourth-order valence-corrected chi connectivity index (χ4v) is 3.12. The highest BCUT2D eigenvalue weighted by Gasteiger charge is 2.24. The number of unbranched alkanes of at least 4 members (excludes halogenated alkanes) is 4. The Labute approximate surface area is 184 Å². The lowest BCUT2D eigenvalue weighted by Gasteiger charge is -2.19. The summed E-state index contributed by atoms with van der Waals surface area (Å²) in [7, 11) is 0. The van der Waals surface area contributed by atoms with Gasteiger partial charge >= 0.3 is 17.2 Å². The van der Waals surface area contributed by atoms with Gasteiger partial charge in [-0.05, 0) is 12.8 Å². The largest absolute Gasteiger partial charge is 0.480 e. The van der Waals surface area contributed by atoms with E-state index in [-0.39, 0.29) is 25.1 Å². The van der Waals surface area contributed by atoms with Gasteiger partial charge < -0.3 is 26.6 Å². The molecule has 0 aromatic rings. The summed E-state index contributed by atoms with van der Waals surface area (Å²) in [5.41, 5.74) is 5.33. The van der Waals surface area contributed by atoms with Gasteiger partial charge in [-0.15, -0.1) is 0 Å². The smallest absolute Gasteiger partial charge is 0.322 e. The first-order valence-corrected chi connectivity index (χ1v) is 11.0. The number of carbonyl (C=O) groups is 5.